The van der Waals surface area contributed by atoms with Crippen molar-refractivity contribution in [3.05, 3.63) is 23.3 Å². The van der Waals surface area contributed by atoms with Crippen LogP contribution in [0.1, 0.15) is 30.9 Å². The van der Waals surface area contributed by atoms with Crippen LogP contribution >= 0.6 is 11.6 Å². The van der Waals surface area contributed by atoms with Crippen LogP contribution in [0.5, 0.6) is 5.75 Å². The van der Waals surface area contributed by atoms with E-state index in [2.05, 4.69) is 4.99 Å². The van der Waals surface area contributed by atoms with E-state index in [1.807, 2.05) is 18.9 Å². The van der Waals surface area contributed by atoms with Crippen molar-refractivity contribution >= 4 is 23.6 Å². The lowest BCUT2D eigenvalue weighted by molar-refractivity contribution is -0.147. The van der Waals surface area contributed by atoms with E-state index in [0.29, 0.717) is 24.1 Å². The molecule has 0 radical (unpaired) electrons. The molecule has 134 valence electrons. The van der Waals surface area contributed by atoms with Crippen LogP contribution in [-0.4, -0.2) is 42.4 Å². The maximum Gasteiger partial charge on any atom is 0.354 e. The molecule has 7 heteroatoms. The van der Waals surface area contributed by atoms with E-state index in [1.54, 1.807) is 19.3 Å². The van der Waals surface area contributed by atoms with Gasteiger partial charge in [0.1, 0.15) is 5.75 Å². The molecular formula is C17H23ClF2N2O2. The molecule has 0 saturated heterocycles. The Labute approximate surface area is 146 Å². The van der Waals surface area contributed by atoms with Crippen molar-refractivity contribution < 1.29 is 18.6 Å². The summed E-state index contributed by atoms with van der Waals surface area (Å²) in [4.78, 5) is 6.23. The van der Waals surface area contributed by atoms with Gasteiger partial charge in [-0.2, -0.15) is 8.78 Å². The third-order valence-electron chi connectivity index (χ3n) is 4.42. The molecular weight excluding hydrogens is 338 g/mol. The number of hydrogen-bond acceptors (Lipinski definition) is 3. The van der Waals surface area contributed by atoms with Gasteiger partial charge in [0.05, 0.1) is 19.1 Å². The third-order valence-corrected chi connectivity index (χ3v) is 4.71. The number of aliphatic hydroxyl groups is 1. The Kier molecular flexibility index (Phi) is 5.40. The Balaban J connectivity index is 2.52. The average molecular weight is 361 g/mol. The maximum absolute atomic E-state index is 14.0. The summed E-state index contributed by atoms with van der Waals surface area (Å²) in [6.07, 6.45) is 2.66. The molecule has 0 heterocycles. The topological polar surface area (TPSA) is 45.1 Å². The van der Waals surface area contributed by atoms with Crippen LogP contribution in [0.3, 0.4) is 0 Å². The van der Waals surface area contributed by atoms with Gasteiger partial charge in [0.2, 0.25) is 0 Å². The Morgan fingerprint density at radius 1 is 1.46 bits per heavy atom. The van der Waals surface area contributed by atoms with Gasteiger partial charge >= 0.3 is 5.38 Å². The number of methoxy groups -OCH3 is 1. The highest BCUT2D eigenvalue weighted by atomic mass is 35.5. The minimum absolute atomic E-state index is 0.00722. The molecule has 0 aliphatic heterocycles. The zero-order chi connectivity index (χ0) is 18.1. The highest BCUT2D eigenvalue weighted by Crippen LogP contribution is 2.57. The molecule has 0 bridgehead atoms. The van der Waals surface area contributed by atoms with Crippen molar-refractivity contribution in [1.82, 2.24) is 4.90 Å². The highest BCUT2D eigenvalue weighted by molar-refractivity contribution is 6.22. The smallest absolute Gasteiger partial charge is 0.354 e. The molecule has 4 nitrogen and oxygen atoms in total. The zero-order valence-corrected chi connectivity index (χ0v) is 15.1. The number of ether oxygens (including phenoxy) is 1. The normalized spacial score (nSPS) is 17.8. The summed E-state index contributed by atoms with van der Waals surface area (Å²) in [6, 6.07) is 3.05. The van der Waals surface area contributed by atoms with Gasteiger partial charge in [0.15, 0.2) is 5.60 Å². The fourth-order valence-corrected chi connectivity index (χ4v) is 2.89. The lowest BCUT2D eigenvalue weighted by Gasteiger charge is -2.34. The Morgan fingerprint density at radius 3 is 2.54 bits per heavy atom. The van der Waals surface area contributed by atoms with Crippen LogP contribution in [0.15, 0.2) is 17.1 Å². The van der Waals surface area contributed by atoms with Gasteiger partial charge in [-0.15, -0.1) is 0 Å². The summed E-state index contributed by atoms with van der Waals surface area (Å²) in [6.45, 7) is 4.53. The summed E-state index contributed by atoms with van der Waals surface area (Å²) >= 11 is 5.28. The third kappa shape index (κ3) is 3.49. The number of alkyl halides is 3. The van der Waals surface area contributed by atoms with Crippen molar-refractivity contribution in [3.8, 4) is 5.75 Å². The number of aliphatic imine (C=N–C) groups is 1. The minimum atomic E-state index is -3.79. The SMILES string of the molecule is CCN(C)C=Nc1cc(OC)c(C(O)(C2CC2)C(F)(F)Cl)cc1C. The summed E-state index contributed by atoms with van der Waals surface area (Å²) in [5.41, 5.74) is -1.20. The van der Waals surface area contributed by atoms with Crippen molar-refractivity contribution in [2.75, 3.05) is 20.7 Å². The molecule has 1 saturated carbocycles. The largest absolute Gasteiger partial charge is 0.496 e. The van der Waals surface area contributed by atoms with Crippen LogP contribution in [0.4, 0.5) is 14.5 Å². The first-order valence-electron chi connectivity index (χ1n) is 7.87. The van der Waals surface area contributed by atoms with Gasteiger partial charge in [0, 0.05) is 25.2 Å². The lowest BCUT2D eigenvalue weighted by atomic mass is 9.86. The fourth-order valence-electron chi connectivity index (χ4n) is 2.63. The summed E-state index contributed by atoms with van der Waals surface area (Å²) < 4.78 is 33.3. The first-order valence-corrected chi connectivity index (χ1v) is 8.25. The van der Waals surface area contributed by atoms with Gasteiger partial charge in [-0.25, -0.2) is 4.99 Å². The molecule has 1 fully saturated rings. The second-order valence-corrected chi connectivity index (χ2v) is 6.67. The molecule has 0 amide bonds. The number of nitrogens with zero attached hydrogens (tertiary/aromatic N) is 2. The van der Waals surface area contributed by atoms with E-state index in [1.165, 1.54) is 13.2 Å². The molecule has 1 atom stereocenters. The van der Waals surface area contributed by atoms with Crippen LogP contribution in [0, 0.1) is 12.8 Å². The van der Waals surface area contributed by atoms with Crippen molar-refractivity contribution in [2.45, 2.75) is 37.7 Å². The van der Waals surface area contributed by atoms with Gasteiger partial charge in [-0.1, -0.05) is 0 Å². The van der Waals surface area contributed by atoms with Crippen molar-refractivity contribution in [3.63, 3.8) is 0 Å². The predicted molar refractivity (Wildman–Crippen MR) is 91.6 cm³/mol. The first-order chi connectivity index (χ1) is 11.1. The second kappa shape index (κ2) is 6.84. The van der Waals surface area contributed by atoms with E-state index in [-0.39, 0.29) is 11.3 Å². The fraction of sp³-hybridized carbons (Fsp3) is 0.588. The van der Waals surface area contributed by atoms with Crippen LogP contribution < -0.4 is 4.74 Å². The van der Waals surface area contributed by atoms with Crippen molar-refractivity contribution in [2.24, 2.45) is 10.9 Å². The number of halogens is 3. The maximum atomic E-state index is 14.0. The molecule has 1 N–H and O–H groups in total. The van der Waals surface area contributed by atoms with E-state index < -0.39 is 16.9 Å². The Hall–Kier alpha value is -1.40. The zero-order valence-electron chi connectivity index (χ0n) is 14.3. The highest BCUT2D eigenvalue weighted by Gasteiger charge is 2.62. The first kappa shape index (κ1) is 18.9. The molecule has 2 rings (SSSR count). The van der Waals surface area contributed by atoms with Crippen LogP contribution in [0.2, 0.25) is 0 Å². The van der Waals surface area contributed by atoms with Gasteiger partial charge < -0.3 is 14.7 Å². The predicted octanol–water partition coefficient (Wildman–Crippen LogP) is 4.04. The Morgan fingerprint density at radius 2 is 2.08 bits per heavy atom. The minimum Gasteiger partial charge on any atom is -0.496 e. The second-order valence-electron chi connectivity index (χ2n) is 6.20. The number of aryl methyl sites for hydroxylation is 1. The van der Waals surface area contributed by atoms with E-state index in [4.69, 9.17) is 16.3 Å². The van der Waals surface area contributed by atoms with Gasteiger partial charge in [-0.3, -0.25) is 0 Å². The summed E-state index contributed by atoms with van der Waals surface area (Å²) in [7, 11) is 3.25. The lowest BCUT2D eigenvalue weighted by Crippen LogP contribution is -2.44. The monoisotopic (exact) mass is 360 g/mol. The number of hydrogen-bond donors (Lipinski definition) is 1. The molecule has 24 heavy (non-hydrogen) atoms. The van der Waals surface area contributed by atoms with Gasteiger partial charge in [-0.05, 0) is 55.8 Å². The summed E-state index contributed by atoms with van der Waals surface area (Å²) in [5, 5.41) is 6.94. The molecule has 0 spiro atoms. The molecule has 1 aliphatic carbocycles. The summed E-state index contributed by atoms with van der Waals surface area (Å²) in [5.74, 6) is -0.430. The van der Waals surface area contributed by atoms with E-state index in [9.17, 15) is 13.9 Å². The van der Waals surface area contributed by atoms with Gasteiger partial charge in [0.25, 0.3) is 0 Å². The molecule has 1 aromatic carbocycles. The molecule has 1 aliphatic rings. The van der Waals surface area contributed by atoms with Crippen LogP contribution in [-0.2, 0) is 5.60 Å². The number of benzene rings is 1. The Bertz CT molecular complexity index is 630. The van der Waals surface area contributed by atoms with E-state index in [0.717, 1.165) is 6.54 Å². The number of rotatable bonds is 7. The van der Waals surface area contributed by atoms with Crippen LogP contribution in [0.25, 0.3) is 0 Å². The quantitative estimate of drug-likeness (QED) is 0.453. The van der Waals surface area contributed by atoms with Crippen molar-refractivity contribution in [1.29, 1.82) is 0 Å². The molecule has 0 aromatic heterocycles. The standard InChI is InChI=1S/C17H23ClF2N2O2/c1-5-22(3)10-21-14-9-15(24-4)13(8-11(14)2)16(23,12-6-7-12)17(18,19)20/h8-10,12,23H,5-7H2,1-4H3. The van der Waals surface area contributed by atoms with E-state index >= 15 is 0 Å². The molecule has 1 aromatic rings. The molecule has 1 unspecified atom stereocenters. The average Bonchev–Trinajstić information content (AvgIpc) is 3.36.